The lowest BCUT2D eigenvalue weighted by molar-refractivity contribution is -0.394. The number of hydrazone groups is 1. The molecule has 2 aromatic rings. The van der Waals surface area contributed by atoms with Crippen molar-refractivity contribution in [2.24, 2.45) is 5.10 Å². The summed E-state index contributed by atoms with van der Waals surface area (Å²) in [6.07, 6.45) is 0. The molecule has 1 heterocycles. The second kappa shape index (κ2) is 7.51. The van der Waals surface area contributed by atoms with E-state index in [1.54, 1.807) is 6.92 Å². The molecule has 126 valence electrons. The highest BCUT2D eigenvalue weighted by Crippen LogP contribution is 2.28. The van der Waals surface area contributed by atoms with Crippen molar-refractivity contribution >= 4 is 52.4 Å². The third-order valence-corrected chi connectivity index (χ3v) is 3.37. The summed E-state index contributed by atoms with van der Waals surface area (Å²) in [5.74, 6) is -1.27. The molecule has 0 unspecified atom stereocenters. The monoisotopic (exact) mass is 391 g/mol. The minimum atomic E-state index is -0.776. The van der Waals surface area contributed by atoms with Gasteiger partial charge < -0.3 is 10.1 Å². The smallest absolute Gasteiger partial charge is 0.390 e. The van der Waals surface area contributed by atoms with Gasteiger partial charge in [-0.05, 0) is 24.0 Å². The minimum Gasteiger partial charge on any atom is -0.390 e. The molecule has 1 amide bonds. The molecule has 1 N–H and O–H groups in total. The van der Waals surface area contributed by atoms with Gasteiger partial charge in [0.2, 0.25) is 0 Å². The molecule has 0 bridgehead atoms. The van der Waals surface area contributed by atoms with Gasteiger partial charge in [-0.15, -0.1) is 0 Å². The van der Waals surface area contributed by atoms with E-state index in [4.69, 9.17) is 34.8 Å². The maximum Gasteiger partial charge on any atom is 0.514 e. The van der Waals surface area contributed by atoms with E-state index < -0.39 is 16.8 Å². The summed E-state index contributed by atoms with van der Waals surface area (Å²) < 4.78 is 0. The van der Waals surface area contributed by atoms with Gasteiger partial charge in [0.15, 0.2) is 0 Å². The van der Waals surface area contributed by atoms with Crippen molar-refractivity contribution in [2.75, 3.05) is 0 Å². The van der Waals surface area contributed by atoms with Gasteiger partial charge in [0.25, 0.3) is 5.91 Å². The first-order valence-electron chi connectivity index (χ1n) is 6.18. The van der Waals surface area contributed by atoms with E-state index in [9.17, 15) is 14.9 Å². The Morgan fingerprint density at radius 2 is 2.00 bits per heavy atom. The lowest BCUT2D eigenvalue weighted by Crippen LogP contribution is -2.22. The van der Waals surface area contributed by atoms with E-state index in [-0.39, 0.29) is 22.2 Å². The Morgan fingerprint density at radius 3 is 2.54 bits per heavy atom. The Labute approximate surface area is 149 Å². The fourth-order valence-electron chi connectivity index (χ4n) is 1.58. The number of carbonyl (C=O) groups excluding carboxylic acids is 1. The van der Waals surface area contributed by atoms with Crippen LogP contribution in [0, 0.1) is 10.1 Å². The zero-order valence-electron chi connectivity index (χ0n) is 11.9. The molecular weight excluding hydrogens is 385 g/mol. The quantitative estimate of drug-likeness (QED) is 0.472. The molecule has 2 rings (SSSR count). The summed E-state index contributed by atoms with van der Waals surface area (Å²) in [5, 5.41) is 25.0. The molecule has 0 aliphatic heterocycles. The first-order valence-corrected chi connectivity index (χ1v) is 7.31. The number of benzene rings is 1. The largest absolute Gasteiger partial charge is 0.514 e. The number of nitrogens with one attached hydrogen (secondary N) is 1. The zero-order valence-corrected chi connectivity index (χ0v) is 14.2. The first kappa shape index (κ1) is 18.0. The minimum absolute atomic E-state index is 0.0107. The van der Waals surface area contributed by atoms with E-state index in [2.05, 4.69) is 25.9 Å². The topological polar surface area (TPSA) is 128 Å². The summed E-state index contributed by atoms with van der Waals surface area (Å²) in [6, 6.07) is 2.75. The molecule has 0 fully saturated rings. The van der Waals surface area contributed by atoms with Crippen LogP contribution >= 0.6 is 34.8 Å². The molecular formula is C11H8Cl3N7O3. The molecule has 0 atom stereocenters. The van der Waals surface area contributed by atoms with Crippen molar-refractivity contribution in [3.8, 4) is 0 Å². The van der Waals surface area contributed by atoms with E-state index in [0.717, 1.165) is 4.80 Å². The van der Waals surface area contributed by atoms with Crippen molar-refractivity contribution in [1.82, 2.24) is 25.6 Å². The molecule has 0 saturated heterocycles. The molecule has 0 aliphatic carbocycles. The highest BCUT2D eigenvalue weighted by molar-refractivity contribution is 6.42. The lowest BCUT2D eigenvalue weighted by atomic mass is 10.2. The van der Waals surface area contributed by atoms with Crippen molar-refractivity contribution < 1.29 is 9.72 Å². The molecule has 1 aromatic heterocycles. The van der Waals surface area contributed by atoms with Gasteiger partial charge >= 0.3 is 5.95 Å². The summed E-state index contributed by atoms with van der Waals surface area (Å²) in [7, 11) is 0. The van der Waals surface area contributed by atoms with E-state index in [1.807, 2.05) is 0 Å². The third-order valence-electron chi connectivity index (χ3n) is 2.56. The number of nitrogens with zero attached hydrogens (tertiary/aromatic N) is 6. The fraction of sp³-hybridized carbons (Fsp3) is 0.182. The van der Waals surface area contributed by atoms with Crippen LogP contribution in [0.3, 0.4) is 0 Å². The highest BCUT2D eigenvalue weighted by Gasteiger charge is 2.17. The van der Waals surface area contributed by atoms with Crippen LogP contribution in [0.15, 0.2) is 17.2 Å². The average Bonchev–Trinajstić information content (AvgIpc) is 2.92. The molecule has 0 aliphatic rings. The van der Waals surface area contributed by atoms with Crippen molar-refractivity contribution in [3.63, 3.8) is 0 Å². The number of rotatable bonds is 5. The van der Waals surface area contributed by atoms with Crippen molar-refractivity contribution in [3.05, 3.63) is 42.9 Å². The number of carbonyl (C=O) groups is 1. The molecule has 0 saturated carbocycles. The summed E-state index contributed by atoms with van der Waals surface area (Å²) in [5.41, 5.74) is 2.64. The fourth-order valence-corrected chi connectivity index (χ4v) is 2.56. The molecule has 10 nitrogen and oxygen atoms in total. The van der Waals surface area contributed by atoms with E-state index in [1.165, 1.54) is 12.1 Å². The van der Waals surface area contributed by atoms with Crippen LogP contribution in [0.5, 0.6) is 0 Å². The number of nitro groups is 1. The summed E-state index contributed by atoms with van der Waals surface area (Å²) in [4.78, 5) is 22.7. The Hall–Kier alpha value is -2.30. The predicted molar refractivity (Wildman–Crippen MR) is 86.5 cm³/mol. The van der Waals surface area contributed by atoms with Crippen LogP contribution in [0.25, 0.3) is 0 Å². The zero-order chi connectivity index (χ0) is 17.9. The second-order valence-corrected chi connectivity index (χ2v) is 5.66. The van der Waals surface area contributed by atoms with Gasteiger partial charge in [0, 0.05) is 10.2 Å². The molecule has 1 aromatic carbocycles. The maximum atomic E-state index is 12.1. The summed E-state index contributed by atoms with van der Waals surface area (Å²) >= 11 is 17.6. The van der Waals surface area contributed by atoms with Gasteiger partial charge in [0.1, 0.15) is 6.54 Å². The molecule has 13 heteroatoms. The number of tetrazole rings is 1. The average molecular weight is 393 g/mol. The first-order chi connectivity index (χ1) is 11.3. The van der Waals surface area contributed by atoms with E-state index >= 15 is 0 Å². The van der Waals surface area contributed by atoms with Crippen LogP contribution in [0.4, 0.5) is 5.95 Å². The molecule has 0 radical (unpaired) electrons. The standard InChI is InChI=1S/C11H8Cl3N7O3/c1-5(4-20-18-11(17-19-20)21(23)24)15-16-10(22)9-7(13)2-6(12)3-8(9)14/h2-3H,4H2,1H3,(H,16,22)/b15-5+. The van der Waals surface area contributed by atoms with Crippen LogP contribution in [-0.2, 0) is 6.54 Å². The number of aromatic nitrogens is 4. The summed E-state index contributed by atoms with van der Waals surface area (Å²) in [6.45, 7) is 1.55. The van der Waals surface area contributed by atoms with Crippen LogP contribution in [0.1, 0.15) is 17.3 Å². The Kier molecular flexibility index (Phi) is 5.65. The van der Waals surface area contributed by atoms with Crippen LogP contribution in [-0.4, -0.2) is 36.7 Å². The third kappa shape index (κ3) is 4.37. The van der Waals surface area contributed by atoms with Crippen LogP contribution in [0.2, 0.25) is 15.1 Å². The molecule has 0 spiro atoms. The number of hydrogen-bond acceptors (Lipinski definition) is 7. The van der Waals surface area contributed by atoms with Gasteiger partial charge in [-0.3, -0.25) is 4.79 Å². The molecule has 24 heavy (non-hydrogen) atoms. The van der Waals surface area contributed by atoms with Crippen molar-refractivity contribution in [2.45, 2.75) is 13.5 Å². The van der Waals surface area contributed by atoms with E-state index in [0.29, 0.717) is 10.7 Å². The van der Waals surface area contributed by atoms with Gasteiger partial charge in [-0.1, -0.05) is 39.6 Å². The highest BCUT2D eigenvalue weighted by atomic mass is 35.5. The Balaban J connectivity index is 2.06. The van der Waals surface area contributed by atoms with Crippen LogP contribution < -0.4 is 5.43 Å². The lowest BCUT2D eigenvalue weighted by Gasteiger charge is -2.06. The SMILES string of the molecule is C/C(Cn1nnc([N+](=O)[O-])n1)=N\NC(=O)c1c(Cl)cc(Cl)cc1Cl. The number of amides is 1. The Bertz CT molecular complexity index is 813. The number of halogens is 3. The maximum absolute atomic E-state index is 12.1. The predicted octanol–water partition coefficient (Wildman–Crippen LogP) is 2.35. The van der Waals surface area contributed by atoms with Gasteiger partial charge in [-0.25, -0.2) is 5.43 Å². The Morgan fingerprint density at radius 1 is 1.38 bits per heavy atom. The number of hydrogen-bond donors (Lipinski definition) is 1. The van der Waals surface area contributed by atoms with Gasteiger partial charge in [0.05, 0.1) is 31.5 Å². The van der Waals surface area contributed by atoms with Crippen molar-refractivity contribution in [1.29, 1.82) is 0 Å². The second-order valence-electron chi connectivity index (χ2n) is 4.41. The normalized spacial score (nSPS) is 11.4. The van der Waals surface area contributed by atoms with Gasteiger partial charge in [-0.2, -0.15) is 5.10 Å².